The largest absolute Gasteiger partial charge is 0.326 e. The molecule has 0 spiro atoms. The van der Waals surface area contributed by atoms with E-state index in [-0.39, 0.29) is 0 Å². The second-order valence-corrected chi connectivity index (χ2v) is 4.00. The van der Waals surface area contributed by atoms with Crippen LogP contribution in [-0.2, 0) is 19.4 Å². The lowest BCUT2D eigenvalue weighted by molar-refractivity contribution is 0.788. The van der Waals surface area contributed by atoms with Crippen LogP contribution in [0.4, 0.5) is 0 Å². The first-order valence-corrected chi connectivity index (χ1v) is 6.00. The predicted molar refractivity (Wildman–Crippen MR) is 68.0 cm³/mol. The quantitative estimate of drug-likeness (QED) is 0.872. The van der Waals surface area contributed by atoms with Crippen molar-refractivity contribution < 1.29 is 0 Å². The zero-order chi connectivity index (χ0) is 12.3. The van der Waals surface area contributed by atoms with Gasteiger partial charge in [0.1, 0.15) is 0 Å². The van der Waals surface area contributed by atoms with Gasteiger partial charge in [0.25, 0.3) is 0 Å². The van der Waals surface area contributed by atoms with Crippen LogP contribution in [0, 0.1) is 0 Å². The smallest absolute Gasteiger partial charge is 0.0835 e. The van der Waals surface area contributed by atoms with Crippen molar-refractivity contribution in [1.29, 1.82) is 0 Å². The number of hydrogen-bond donors (Lipinski definition) is 1. The Hall–Kier alpha value is -1.68. The van der Waals surface area contributed by atoms with E-state index in [2.05, 4.69) is 30.0 Å². The van der Waals surface area contributed by atoms with E-state index >= 15 is 0 Å². The van der Waals surface area contributed by atoms with Crippen LogP contribution in [0.1, 0.15) is 30.8 Å². The molecule has 0 aromatic carbocycles. The molecule has 4 nitrogen and oxygen atoms in total. The zero-order valence-corrected chi connectivity index (χ0v) is 10.3. The summed E-state index contributed by atoms with van der Waals surface area (Å²) in [5, 5.41) is 4.58. The Morgan fingerprint density at radius 1 is 1.18 bits per heavy atom. The summed E-state index contributed by atoms with van der Waals surface area (Å²) in [6, 6.07) is 4.19. The van der Waals surface area contributed by atoms with Gasteiger partial charge in [0.15, 0.2) is 0 Å². The summed E-state index contributed by atoms with van der Waals surface area (Å²) >= 11 is 0. The van der Waals surface area contributed by atoms with Gasteiger partial charge in [0.2, 0.25) is 0 Å². The number of aryl methyl sites for hydroxylation is 2. The van der Waals surface area contributed by atoms with Crippen molar-refractivity contribution in [1.82, 2.24) is 14.8 Å². The highest BCUT2D eigenvalue weighted by atomic mass is 15.3. The molecule has 90 valence electrons. The standard InChI is InChI=1S/C13H18N4/c1-3-11-6-12(4-2)17(16-11)13-5-10(7-14)8-15-9-13/h5-6,8-9H,3-4,7,14H2,1-2H3. The molecule has 0 aliphatic rings. The van der Waals surface area contributed by atoms with Gasteiger partial charge in [0.05, 0.1) is 17.6 Å². The molecule has 0 aliphatic carbocycles. The van der Waals surface area contributed by atoms with Crippen molar-refractivity contribution in [2.75, 3.05) is 0 Å². The number of rotatable bonds is 4. The predicted octanol–water partition coefficient (Wildman–Crippen LogP) is 1.85. The maximum atomic E-state index is 5.63. The Morgan fingerprint density at radius 2 is 2.00 bits per heavy atom. The van der Waals surface area contributed by atoms with Crippen LogP contribution >= 0.6 is 0 Å². The van der Waals surface area contributed by atoms with Crippen molar-refractivity contribution in [2.24, 2.45) is 5.73 Å². The number of nitrogens with zero attached hydrogens (tertiary/aromatic N) is 3. The molecule has 0 radical (unpaired) electrons. The molecule has 0 unspecified atom stereocenters. The van der Waals surface area contributed by atoms with Crippen LogP contribution in [0.15, 0.2) is 24.5 Å². The van der Waals surface area contributed by atoms with Crippen LogP contribution in [0.5, 0.6) is 0 Å². The van der Waals surface area contributed by atoms with Crippen molar-refractivity contribution in [3.8, 4) is 5.69 Å². The number of aromatic nitrogens is 3. The molecule has 17 heavy (non-hydrogen) atoms. The molecule has 0 saturated heterocycles. The molecule has 2 N–H and O–H groups in total. The SMILES string of the molecule is CCc1cc(CC)n(-c2cncc(CN)c2)n1. The lowest BCUT2D eigenvalue weighted by Gasteiger charge is -2.06. The Balaban J connectivity index is 2.47. The first kappa shape index (κ1) is 11.8. The van der Waals surface area contributed by atoms with E-state index in [0.717, 1.165) is 29.8 Å². The van der Waals surface area contributed by atoms with E-state index < -0.39 is 0 Å². The second kappa shape index (κ2) is 5.10. The minimum atomic E-state index is 0.504. The third-order valence-electron chi connectivity index (χ3n) is 2.82. The molecule has 4 heteroatoms. The minimum Gasteiger partial charge on any atom is -0.326 e. The molecule has 0 amide bonds. The third kappa shape index (κ3) is 2.36. The van der Waals surface area contributed by atoms with Gasteiger partial charge in [-0.25, -0.2) is 4.68 Å². The van der Waals surface area contributed by atoms with Crippen molar-refractivity contribution >= 4 is 0 Å². The van der Waals surface area contributed by atoms with Gasteiger partial charge in [-0.3, -0.25) is 4.98 Å². The van der Waals surface area contributed by atoms with E-state index in [4.69, 9.17) is 5.73 Å². The van der Waals surface area contributed by atoms with E-state index in [0.29, 0.717) is 6.54 Å². The van der Waals surface area contributed by atoms with Gasteiger partial charge in [0, 0.05) is 18.4 Å². The first-order valence-electron chi connectivity index (χ1n) is 6.00. The fourth-order valence-electron chi connectivity index (χ4n) is 1.82. The molecule has 2 aromatic heterocycles. The van der Waals surface area contributed by atoms with Gasteiger partial charge < -0.3 is 5.73 Å². The van der Waals surface area contributed by atoms with Gasteiger partial charge >= 0.3 is 0 Å². The first-order chi connectivity index (χ1) is 8.28. The maximum absolute atomic E-state index is 5.63. The Kier molecular flexibility index (Phi) is 3.54. The number of hydrogen-bond acceptors (Lipinski definition) is 3. The van der Waals surface area contributed by atoms with Crippen molar-refractivity contribution in [2.45, 2.75) is 33.2 Å². The van der Waals surface area contributed by atoms with Crippen LogP contribution in [0.2, 0.25) is 0 Å². The van der Waals surface area contributed by atoms with E-state index in [1.807, 2.05) is 16.9 Å². The summed E-state index contributed by atoms with van der Waals surface area (Å²) in [6.07, 6.45) is 5.52. The van der Waals surface area contributed by atoms with Crippen LogP contribution in [0.3, 0.4) is 0 Å². The summed E-state index contributed by atoms with van der Waals surface area (Å²) in [7, 11) is 0. The summed E-state index contributed by atoms with van der Waals surface area (Å²) in [6.45, 7) is 4.75. The molecule has 0 aliphatic heterocycles. The van der Waals surface area contributed by atoms with Gasteiger partial charge in [-0.15, -0.1) is 0 Å². The minimum absolute atomic E-state index is 0.504. The zero-order valence-electron chi connectivity index (χ0n) is 10.3. The monoisotopic (exact) mass is 230 g/mol. The van der Waals surface area contributed by atoms with E-state index in [1.165, 1.54) is 5.69 Å². The van der Waals surface area contributed by atoms with Gasteiger partial charge in [-0.1, -0.05) is 13.8 Å². The topological polar surface area (TPSA) is 56.7 Å². The highest BCUT2D eigenvalue weighted by Gasteiger charge is 2.07. The van der Waals surface area contributed by atoms with Crippen LogP contribution < -0.4 is 5.73 Å². The average Bonchev–Trinajstić information content (AvgIpc) is 2.82. The lowest BCUT2D eigenvalue weighted by atomic mass is 10.2. The van der Waals surface area contributed by atoms with E-state index in [9.17, 15) is 0 Å². The van der Waals surface area contributed by atoms with Crippen LogP contribution in [-0.4, -0.2) is 14.8 Å². The maximum Gasteiger partial charge on any atom is 0.0835 e. The molecular weight excluding hydrogens is 212 g/mol. The van der Waals surface area contributed by atoms with E-state index in [1.54, 1.807) is 6.20 Å². The molecular formula is C13H18N4. The molecule has 2 rings (SSSR count). The average molecular weight is 230 g/mol. The Morgan fingerprint density at radius 3 is 2.65 bits per heavy atom. The second-order valence-electron chi connectivity index (χ2n) is 4.00. The molecule has 0 fully saturated rings. The Bertz CT molecular complexity index is 502. The summed E-state index contributed by atoms with van der Waals surface area (Å²) in [4.78, 5) is 4.20. The lowest BCUT2D eigenvalue weighted by Crippen LogP contribution is -2.04. The summed E-state index contributed by atoms with van der Waals surface area (Å²) in [5.41, 5.74) is 9.96. The highest BCUT2D eigenvalue weighted by Crippen LogP contribution is 2.14. The molecule has 0 atom stereocenters. The summed E-state index contributed by atoms with van der Waals surface area (Å²) in [5.74, 6) is 0. The van der Waals surface area contributed by atoms with Gasteiger partial charge in [-0.05, 0) is 30.5 Å². The number of pyridine rings is 1. The Labute approximate surface area is 101 Å². The number of nitrogens with two attached hydrogens (primary N) is 1. The molecule has 0 saturated carbocycles. The fourth-order valence-corrected chi connectivity index (χ4v) is 1.82. The third-order valence-corrected chi connectivity index (χ3v) is 2.82. The van der Waals surface area contributed by atoms with Crippen molar-refractivity contribution in [3.05, 3.63) is 41.5 Å². The fraction of sp³-hybridized carbons (Fsp3) is 0.385. The van der Waals surface area contributed by atoms with Gasteiger partial charge in [-0.2, -0.15) is 5.10 Å². The highest BCUT2D eigenvalue weighted by molar-refractivity contribution is 5.34. The summed E-state index contributed by atoms with van der Waals surface area (Å²) < 4.78 is 1.96. The molecule has 0 bridgehead atoms. The van der Waals surface area contributed by atoms with Crippen molar-refractivity contribution in [3.63, 3.8) is 0 Å². The molecule has 2 heterocycles. The normalized spacial score (nSPS) is 10.8. The molecule has 2 aromatic rings. The van der Waals surface area contributed by atoms with Crippen LogP contribution in [0.25, 0.3) is 5.69 Å².